The van der Waals surface area contributed by atoms with Gasteiger partial charge in [0, 0.05) is 58.5 Å². The molecule has 0 aromatic heterocycles. The second kappa shape index (κ2) is 13.4. The number of aliphatic imine (C=N–C) groups is 1. The summed E-state index contributed by atoms with van der Waals surface area (Å²) < 4.78 is 5.53. The number of piperidine rings is 1. The Labute approximate surface area is 224 Å². The van der Waals surface area contributed by atoms with Gasteiger partial charge in [0.05, 0.1) is 34.8 Å². The summed E-state index contributed by atoms with van der Waals surface area (Å²) in [5.41, 5.74) is 10.1. The zero-order valence-corrected chi connectivity index (χ0v) is 22.5. The minimum absolute atomic E-state index is 0.0527. The maximum Gasteiger partial charge on any atom is 0.225 e. The molecule has 0 saturated carbocycles. The van der Waals surface area contributed by atoms with E-state index < -0.39 is 0 Å². The molecule has 0 radical (unpaired) electrons. The van der Waals surface area contributed by atoms with Crippen molar-refractivity contribution in [3.63, 3.8) is 0 Å². The van der Waals surface area contributed by atoms with Crippen LogP contribution in [-0.2, 0) is 20.9 Å². The number of nitrogens with two attached hydrogens (primary N) is 1. The number of hydrogen-bond donors (Lipinski definition) is 2. The van der Waals surface area contributed by atoms with Crippen molar-refractivity contribution in [2.75, 3.05) is 32.6 Å². The average molecular weight is 517 g/mol. The van der Waals surface area contributed by atoms with Crippen molar-refractivity contribution in [1.29, 1.82) is 5.26 Å². The number of ether oxygens (including phenoxy) is 1. The first-order chi connectivity index (χ1) is 18.2. The summed E-state index contributed by atoms with van der Waals surface area (Å²) in [6, 6.07) is 16.9. The van der Waals surface area contributed by atoms with Crippen molar-refractivity contribution in [3.8, 4) is 6.07 Å². The largest absolute Gasteiger partial charge is 0.403 e. The molecule has 3 rings (SSSR count). The van der Waals surface area contributed by atoms with Crippen LogP contribution in [0.25, 0.3) is 0 Å². The van der Waals surface area contributed by atoms with E-state index in [4.69, 9.17) is 15.5 Å². The first-order valence-electron chi connectivity index (χ1n) is 12.7. The van der Waals surface area contributed by atoms with Gasteiger partial charge in [-0.3, -0.25) is 9.59 Å². The summed E-state index contributed by atoms with van der Waals surface area (Å²) in [5, 5.41) is 12.5. The van der Waals surface area contributed by atoms with Crippen LogP contribution in [0.1, 0.15) is 37.8 Å². The maximum absolute atomic E-state index is 12.9. The Morgan fingerprint density at radius 3 is 2.53 bits per heavy atom. The molecule has 3 N–H and O–H groups in total. The van der Waals surface area contributed by atoms with Gasteiger partial charge in [-0.05, 0) is 55.7 Å². The van der Waals surface area contributed by atoms with Gasteiger partial charge in [-0.25, -0.2) is 4.99 Å². The van der Waals surface area contributed by atoms with Gasteiger partial charge in [-0.15, -0.1) is 0 Å². The molecule has 38 heavy (non-hydrogen) atoms. The van der Waals surface area contributed by atoms with Crippen LogP contribution in [0.4, 0.5) is 11.4 Å². The third-order valence-corrected chi connectivity index (χ3v) is 6.72. The molecule has 2 amide bonds. The van der Waals surface area contributed by atoms with Crippen molar-refractivity contribution in [2.24, 2.45) is 16.6 Å². The molecule has 1 atom stereocenters. The number of likely N-dealkylation sites (tertiary alicyclic amines) is 1. The highest BCUT2D eigenvalue weighted by atomic mass is 16.5. The van der Waals surface area contributed by atoms with Crippen LogP contribution in [0.3, 0.4) is 0 Å². The van der Waals surface area contributed by atoms with E-state index in [-0.39, 0.29) is 23.8 Å². The van der Waals surface area contributed by atoms with E-state index in [0.717, 1.165) is 11.3 Å². The standard InChI is InChI=1S/C29H36N6O3/c1-20(38-4)28(33-26-7-5-6-23(16-26)17-30)27(18-31)32-25-10-8-22(9-11-25)19-34(3)29(37)24-12-14-35(15-13-24)21(2)36/h5-11,16,18,20,24,32H,12-15,19,31H2,1-4H3/b27-18+,33-28?/t20-/m0/s1. The van der Waals surface area contributed by atoms with Gasteiger partial charge in [0.2, 0.25) is 11.8 Å². The SMILES string of the molecule is CO[C@@H](C)C(=Nc1cccc(C#N)c1)/C(=C\N)Nc1ccc(CN(C)C(=O)C2CCN(C(C)=O)CC2)cc1. The molecule has 2 aromatic rings. The summed E-state index contributed by atoms with van der Waals surface area (Å²) in [7, 11) is 3.41. The number of amides is 2. The zero-order chi connectivity index (χ0) is 27.7. The fourth-order valence-electron chi connectivity index (χ4n) is 4.41. The number of hydrogen-bond acceptors (Lipinski definition) is 7. The molecule has 0 bridgehead atoms. The first kappa shape index (κ1) is 28.4. The number of carbonyl (C=O) groups excluding carboxylic acids is 2. The van der Waals surface area contributed by atoms with E-state index in [9.17, 15) is 14.9 Å². The van der Waals surface area contributed by atoms with Gasteiger partial charge in [0.1, 0.15) is 0 Å². The normalized spacial score (nSPS) is 15.5. The molecule has 2 aromatic carbocycles. The average Bonchev–Trinajstić information content (AvgIpc) is 2.95. The number of anilines is 1. The van der Waals surface area contributed by atoms with Crippen molar-refractivity contribution in [2.45, 2.75) is 39.3 Å². The fraction of sp³-hybridized carbons (Fsp3) is 0.379. The summed E-state index contributed by atoms with van der Waals surface area (Å²) in [4.78, 5) is 32.7. The monoisotopic (exact) mass is 516 g/mol. The van der Waals surface area contributed by atoms with E-state index in [0.29, 0.717) is 55.1 Å². The molecule has 1 aliphatic heterocycles. The molecule has 1 aliphatic rings. The zero-order valence-electron chi connectivity index (χ0n) is 22.5. The predicted octanol–water partition coefficient (Wildman–Crippen LogP) is 3.79. The second-order valence-corrected chi connectivity index (χ2v) is 9.41. The minimum atomic E-state index is -0.357. The van der Waals surface area contributed by atoms with Crippen LogP contribution in [0.5, 0.6) is 0 Å². The van der Waals surface area contributed by atoms with E-state index >= 15 is 0 Å². The predicted molar refractivity (Wildman–Crippen MR) is 149 cm³/mol. The highest BCUT2D eigenvalue weighted by Gasteiger charge is 2.28. The van der Waals surface area contributed by atoms with E-state index in [2.05, 4.69) is 11.4 Å². The molecule has 200 valence electrons. The first-order valence-corrected chi connectivity index (χ1v) is 12.7. The number of nitrogens with zero attached hydrogens (tertiary/aromatic N) is 4. The number of carbonyl (C=O) groups is 2. The molecular formula is C29H36N6O3. The lowest BCUT2D eigenvalue weighted by Crippen LogP contribution is -2.42. The molecule has 0 unspecified atom stereocenters. The Balaban J connectivity index is 1.66. The van der Waals surface area contributed by atoms with E-state index in [1.807, 2.05) is 44.3 Å². The van der Waals surface area contributed by atoms with Gasteiger partial charge in [-0.2, -0.15) is 5.26 Å². The number of nitrogens with one attached hydrogen (secondary N) is 1. The number of nitriles is 1. The van der Waals surface area contributed by atoms with Gasteiger partial charge in [0.15, 0.2) is 0 Å². The minimum Gasteiger partial charge on any atom is -0.403 e. The molecular weight excluding hydrogens is 480 g/mol. The Bertz CT molecular complexity index is 1220. The molecule has 0 aliphatic carbocycles. The fourth-order valence-corrected chi connectivity index (χ4v) is 4.41. The number of benzene rings is 2. The van der Waals surface area contributed by atoms with Crippen molar-refractivity contribution < 1.29 is 14.3 Å². The molecule has 9 heteroatoms. The molecule has 1 saturated heterocycles. The van der Waals surface area contributed by atoms with Crippen LogP contribution in [0.2, 0.25) is 0 Å². The van der Waals surface area contributed by atoms with Crippen molar-refractivity contribution in [1.82, 2.24) is 9.80 Å². The Kier molecular flexibility index (Phi) is 10.0. The van der Waals surface area contributed by atoms with Crippen molar-refractivity contribution >= 4 is 28.9 Å². The van der Waals surface area contributed by atoms with Crippen LogP contribution in [0, 0.1) is 17.2 Å². The maximum atomic E-state index is 12.9. The molecule has 1 heterocycles. The van der Waals surface area contributed by atoms with Gasteiger partial charge < -0.3 is 25.6 Å². The molecule has 9 nitrogen and oxygen atoms in total. The van der Waals surface area contributed by atoms with Crippen LogP contribution >= 0.6 is 0 Å². The van der Waals surface area contributed by atoms with Gasteiger partial charge >= 0.3 is 0 Å². The Morgan fingerprint density at radius 2 is 1.95 bits per heavy atom. The van der Waals surface area contributed by atoms with Crippen LogP contribution in [-0.4, -0.2) is 60.7 Å². The lowest BCUT2D eigenvalue weighted by atomic mass is 9.95. The lowest BCUT2D eigenvalue weighted by Gasteiger charge is -2.32. The third-order valence-electron chi connectivity index (χ3n) is 6.72. The van der Waals surface area contributed by atoms with Crippen LogP contribution in [0.15, 0.2) is 65.4 Å². The summed E-state index contributed by atoms with van der Waals surface area (Å²) >= 11 is 0. The summed E-state index contributed by atoms with van der Waals surface area (Å²) in [6.45, 7) is 5.20. The highest BCUT2D eigenvalue weighted by molar-refractivity contribution is 6.06. The Hall–Kier alpha value is -4.16. The van der Waals surface area contributed by atoms with E-state index in [1.165, 1.54) is 6.20 Å². The summed E-state index contributed by atoms with van der Waals surface area (Å²) in [5.74, 6) is 0.121. The van der Waals surface area contributed by atoms with Gasteiger partial charge in [0.25, 0.3) is 0 Å². The Morgan fingerprint density at radius 1 is 1.26 bits per heavy atom. The lowest BCUT2D eigenvalue weighted by molar-refractivity contribution is -0.139. The van der Waals surface area contributed by atoms with Crippen LogP contribution < -0.4 is 11.1 Å². The molecule has 1 fully saturated rings. The quantitative estimate of drug-likeness (QED) is 0.489. The smallest absolute Gasteiger partial charge is 0.225 e. The van der Waals surface area contributed by atoms with E-state index in [1.54, 1.807) is 42.0 Å². The van der Waals surface area contributed by atoms with Crippen molar-refractivity contribution in [3.05, 3.63) is 71.6 Å². The summed E-state index contributed by atoms with van der Waals surface area (Å²) in [6.07, 6.45) is 2.49. The topological polar surface area (TPSA) is 124 Å². The third kappa shape index (κ3) is 7.43. The highest BCUT2D eigenvalue weighted by Crippen LogP contribution is 2.22. The molecule has 0 spiro atoms. The second-order valence-electron chi connectivity index (χ2n) is 9.41. The van der Waals surface area contributed by atoms with Gasteiger partial charge in [-0.1, -0.05) is 18.2 Å². The number of rotatable bonds is 9. The number of methoxy groups -OCH3 is 1.